The van der Waals surface area contributed by atoms with Gasteiger partial charge in [-0.1, -0.05) is 49.7 Å². The SMILES string of the molecule is CCCOCCOc1cc(Cl)c(Cc2ccc(CC)cc2)cc1[C@@H]1O[C@H](CO)[C@@H](O)[C@H](O)[C@H]1O. The highest BCUT2D eigenvalue weighted by Gasteiger charge is 2.45. The Bertz CT molecular complexity index is 903. The third kappa shape index (κ3) is 6.49. The Morgan fingerprint density at radius 2 is 1.62 bits per heavy atom. The van der Waals surface area contributed by atoms with Crippen molar-refractivity contribution in [3.63, 3.8) is 0 Å². The summed E-state index contributed by atoms with van der Waals surface area (Å²) in [5.74, 6) is 0.388. The number of benzene rings is 2. The van der Waals surface area contributed by atoms with Crippen molar-refractivity contribution < 1.29 is 34.6 Å². The quantitative estimate of drug-likeness (QED) is 0.356. The zero-order chi connectivity index (χ0) is 24.7. The molecular formula is C26H35ClO7. The summed E-state index contributed by atoms with van der Waals surface area (Å²) in [4.78, 5) is 0. The third-order valence-corrected chi connectivity index (χ3v) is 6.39. The zero-order valence-corrected chi connectivity index (χ0v) is 20.4. The number of aliphatic hydroxyl groups excluding tert-OH is 4. The molecule has 1 aliphatic rings. The van der Waals surface area contributed by atoms with E-state index in [1.54, 1.807) is 12.1 Å². The fraction of sp³-hybridized carbons (Fsp3) is 0.538. The fourth-order valence-electron chi connectivity index (χ4n) is 4.03. The van der Waals surface area contributed by atoms with E-state index in [1.807, 2.05) is 6.92 Å². The van der Waals surface area contributed by atoms with Crippen molar-refractivity contribution in [3.8, 4) is 5.75 Å². The summed E-state index contributed by atoms with van der Waals surface area (Å²) >= 11 is 6.61. The molecule has 0 unspecified atom stereocenters. The zero-order valence-electron chi connectivity index (χ0n) is 19.7. The first-order valence-electron chi connectivity index (χ1n) is 11.8. The van der Waals surface area contributed by atoms with Crippen LogP contribution in [0.2, 0.25) is 5.02 Å². The maximum absolute atomic E-state index is 10.7. The maximum Gasteiger partial charge on any atom is 0.126 e. The van der Waals surface area contributed by atoms with E-state index < -0.39 is 37.1 Å². The molecule has 1 heterocycles. The van der Waals surface area contributed by atoms with E-state index in [9.17, 15) is 20.4 Å². The average Bonchev–Trinajstić information content (AvgIpc) is 2.85. The van der Waals surface area contributed by atoms with Crippen LogP contribution in [0, 0.1) is 0 Å². The number of hydrogen-bond acceptors (Lipinski definition) is 7. The Balaban J connectivity index is 1.92. The van der Waals surface area contributed by atoms with Crippen LogP contribution in [0.15, 0.2) is 36.4 Å². The molecule has 5 atom stereocenters. The highest BCUT2D eigenvalue weighted by atomic mass is 35.5. The van der Waals surface area contributed by atoms with E-state index in [2.05, 4.69) is 31.2 Å². The molecule has 0 aromatic heterocycles. The normalized spacial score (nSPS) is 24.9. The Morgan fingerprint density at radius 3 is 2.26 bits per heavy atom. The third-order valence-electron chi connectivity index (χ3n) is 6.04. The molecule has 0 aliphatic carbocycles. The highest BCUT2D eigenvalue weighted by Crippen LogP contribution is 2.40. The first kappa shape index (κ1) is 26.9. The molecule has 7 nitrogen and oxygen atoms in total. The predicted molar refractivity (Wildman–Crippen MR) is 129 cm³/mol. The van der Waals surface area contributed by atoms with E-state index in [0.717, 1.165) is 24.0 Å². The van der Waals surface area contributed by atoms with Crippen LogP contribution in [0.1, 0.15) is 48.6 Å². The molecule has 34 heavy (non-hydrogen) atoms. The number of halogens is 1. The largest absolute Gasteiger partial charge is 0.491 e. The lowest BCUT2D eigenvalue weighted by molar-refractivity contribution is -0.232. The molecule has 0 amide bonds. The molecule has 0 saturated carbocycles. The second kappa shape index (κ2) is 12.8. The fourth-order valence-corrected chi connectivity index (χ4v) is 4.25. The summed E-state index contributed by atoms with van der Waals surface area (Å²) in [5.41, 5.74) is 3.59. The molecule has 188 valence electrons. The van der Waals surface area contributed by atoms with E-state index in [0.29, 0.717) is 36.0 Å². The van der Waals surface area contributed by atoms with Crippen molar-refractivity contribution in [3.05, 3.63) is 63.7 Å². The summed E-state index contributed by atoms with van der Waals surface area (Å²) in [6.07, 6.45) is -4.00. The van der Waals surface area contributed by atoms with Crippen LogP contribution in [-0.2, 0) is 22.3 Å². The van der Waals surface area contributed by atoms with Gasteiger partial charge < -0.3 is 34.6 Å². The van der Waals surface area contributed by atoms with Gasteiger partial charge in [0.15, 0.2) is 0 Å². The van der Waals surface area contributed by atoms with Crippen LogP contribution in [-0.4, -0.2) is 71.3 Å². The Labute approximate surface area is 205 Å². The summed E-state index contributed by atoms with van der Waals surface area (Å²) in [6, 6.07) is 11.7. The molecular weight excluding hydrogens is 460 g/mol. The lowest BCUT2D eigenvalue weighted by Crippen LogP contribution is -2.55. The van der Waals surface area contributed by atoms with Gasteiger partial charge in [-0.15, -0.1) is 0 Å². The van der Waals surface area contributed by atoms with Crippen LogP contribution in [0.5, 0.6) is 5.75 Å². The van der Waals surface area contributed by atoms with Gasteiger partial charge in [0, 0.05) is 17.2 Å². The first-order chi connectivity index (χ1) is 16.4. The van der Waals surface area contributed by atoms with E-state index >= 15 is 0 Å². The van der Waals surface area contributed by atoms with Crippen molar-refractivity contribution in [1.82, 2.24) is 0 Å². The van der Waals surface area contributed by atoms with Crippen LogP contribution < -0.4 is 4.74 Å². The standard InChI is InChI=1S/C26H35ClO7/c1-3-9-32-10-11-33-21-14-20(27)18(12-17-7-5-16(4-2)6-8-17)13-19(21)26-25(31)24(30)23(29)22(15-28)34-26/h5-8,13-14,22-26,28-31H,3-4,9-12,15H2,1-2H3/t22-,23-,24+,25-,26+/m1/s1. The van der Waals surface area contributed by atoms with Crippen molar-refractivity contribution in [1.29, 1.82) is 0 Å². The minimum atomic E-state index is -1.49. The Hall–Kier alpha value is -1.71. The molecule has 2 aromatic rings. The number of aryl methyl sites for hydroxylation is 1. The van der Waals surface area contributed by atoms with Gasteiger partial charge in [-0.3, -0.25) is 0 Å². The molecule has 0 spiro atoms. The number of rotatable bonds is 11. The average molecular weight is 495 g/mol. The molecule has 1 aliphatic heterocycles. The summed E-state index contributed by atoms with van der Waals surface area (Å²) in [5, 5.41) is 41.3. The molecule has 1 fully saturated rings. The minimum Gasteiger partial charge on any atom is -0.491 e. The van der Waals surface area contributed by atoms with Crippen molar-refractivity contribution in [2.45, 2.75) is 63.6 Å². The lowest BCUT2D eigenvalue weighted by atomic mass is 9.89. The summed E-state index contributed by atoms with van der Waals surface area (Å²) in [7, 11) is 0. The first-order valence-corrected chi connectivity index (χ1v) is 12.2. The molecule has 2 aromatic carbocycles. The Kier molecular flexibility index (Phi) is 10.2. The maximum atomic E-state index is 10.7. The number of hydrogen-bond donors (Lipinski definition) is 4. The number of ether oxygens (including phenoxy) is 3. The molecule has 0 bridgehead atoms. The Morgan fingerprint density at radius 1 is 0.912 bits per heavy atom. The van der Waals surface area contributed by atoms with Crippen LogP contribution in [0.25, 0.3) is 0 Å². The molecule has 0 radical (unpaired) electrons. The van der Waals surface area contributed by atoms with E-state index in [4.69, 9.17) is 25.8 Å². The summed E-state index contributed by atoms with van der Waals surface area (Å²) in [6.45, 7) is 4.88. The second-order valence-corrected chi connectivity index (χ2v) is 8.95. The molecule has 1 saturated heterocycles. The van der Waals surface area contributed by atoms with Gasteiger partial charge in [-0.25, -0.2) is 0 Å². The minimum absolute atomic E-state index is 0.262. The second-order valence-electron chi connectivity index (χ2n) is 8.54. The van der Waals surface area contributed by atoms with Gasteiger partial charge in [-0.2, -0.15) is 0 Å². The van der Waals surface area contributed by atoms with Crippen molar-refractivity contribution in [2.75, 3.05) is 26.4 Å². The smallest absolute Gasteiger partial charge is 0.126 e. The topological polar surface area (TPSA) is 109 Å². The number of aliphatic hydroxyl groups is 4. The van der Waals surface area contributed by atoms with E-state index in [1.165, 1.54) is 5.56 Å². The molecule has 8 heteroatoms. The van der Waals surface area contributed by atoms with Gasteiger partial charge in [0.2, 0.25) is 0 Å². The van der Waals surface area contributed by atoms with Gasteiger partial charge in [0.1, 0.15) is 42.9 Å². The summed E-state index contributed by atoms with van der Waals surface area (Å²) < 4.78 is 17.2. The molecule has 4 N–H and O–H groups in total. The van der Waals surface area contributed by atoms with Gasteiger partial charge >= 0.3 is 0 Å². The monoisotopic (exact) mass is 494 g/mol. The van der Waals surface area contributed by atoms with Gasteiger partial charge in [0.25, 0.3) is 0 Å². The predicted octanol–water partition coefficient (Wildman–Crippen LogP) is 2.81. The van der Waals surface area contributed by atoms with Crippen molar-refractivity contribution >= 4 is 11.6 Å². The lowest BCUT2D eigenvalue weighted by Gasteiger charge is -2.40. The van der Waals surface area contributed by atoms with Gasteiger partial charge in [0.05, 0.1) is 13.2 Å². The molecule has 3 rings (SSSR count). The van der Waals surface area contributed by atoms with Crippen molar-refractivity contribution in [2.24, 2.45) is 0 Å². The van der Waals surface area contributed by atoms with Crippen LogP contribution in [0.3, 0.4) is 0 Å². The van der Waals surface area contributed by atoms with E-state index in [-0.39, 0.29) is 6.61 Å². The van der Waals surface area contributed by atoms with Gasteiger partial charge in [-0.05, 0) is 48.1 Å². The highest BCUT2D eigenvalue weighted by molar-refractivity contribution is 6.31. The van der Waals surface area contributed by atoms with Crippen LogP contribution in [0.4, 0.5) is 0 Å². The van der Waals surface area contributed by atoms with Crippen LogP contribution >= 0.6 is 11.6 Å².